The molecule has 1 aromatic carbocycles. The van der Waals surface area contributed by atoms with Crippen molar-refractivity contribution in [3.63, 3.8) is 0 Å². The number of hydrogen-bond donors (Lipinski definition) is 0. The molecular formula is C10H11Br2ClO. The van der Waals surface area contributed by atoms with Crippen molar-refractivity contribution in [2.45, 2.75) is 13.3 Å². The molecule has 0 N–H and O–H groups in total. The monoisotopic (exact) mass is 340 g/mol. The average molecular weight is 342 g/mol. The van der Waals surface area contributed by atoms with Gasteiger partial charge in [-0.1, -0.05) is 15.9 Å². The zero-order valence-corrected chi connectivity index (χ0v) is 11.7. The lowest BCUT2D eigenvalue weighted by atomic mass is 10.2. The van der Waals surface area contributed by atoms with Gasteiger partial charge in [-0.15, -0.1) is 11.6 Å². The smallest absolute Gasteiger partial charge is 0.133 e. The number of benzene rings is 1. The average Bonchev–Trinajstić information content (AvgIpc) is 2.18. The lowest BCUT2D eigenvalue weighted by Gasteiger charge is -2.10. The fourth-order valence-electron chi connectivity index (χ4n) is 0.985. The summed E-state index contributed by atoms with van der Waals surface area (Å²) in [5, 5.41) is 0. The van der Waals surface area contributed by atoms with Gasteiger partial charge in [0.05, 0.1) is 11.1 Å². The van der Waals surface area contributed by atoms with Gasteiger partial charge in [-0.2, -0.15) is 0 Å². The van der Waals surface area contributed by atoms with Gasteiger partial charge in [-0.3, -0.25) is 0 Å². The third kappa shape index (κ3) is 3.14. The molecule has 0 atom stereocenters. The fourth-order valence-corrected chi connectivity index (χ4v) is 2.15. The molecule has 1 nitrogen and oxygen atoms in total. The van der Waals surface area contributed by atoms with Gasteiger partial charge in [-0.05, 0) is 47.0 Å². The third-order valence-electron chi connectivity index (χ3n) is 1.82. The number of rotatable bonds is 4. The SMILES string of the molecule is Cc1c(Br)ccc(OCCCCl)c1Br. The minimum Gasteiger partial charge on any atom is -0.492 e. The molecule has 0 fully saturated rings. The molecule has 0 aliphatic heterocycles. The Morgan fingerprint density at radius 3 is 2.71 bits per heavy atom. The molecule has 1 rings (SSSR count). The van der Waals surface area contributed by atoms with Gasteiger partial charge < -0.3 is 4.74 Å². The van der Waals surface area contributed by atoms with Crippen molar-refractivity contribution < 1.29 is 4.74 Å². The van der Waals surface area contributed by atoms with E-state index in [9.17, 15) is 0 Å². The summed E-state index contributed by atoms with van der Waals surface area (Å²) in [6.07, 6.45) is 0.864. The summed E-state index contributed by atoms with van der Waals surface area (Å²) in [4.78, 5) is 0. The lowest BCUT2D eigenvalue weighted by Crippen LogP contribution is -1.99. The topological polar surface area (TPSA) is 9.23 Å². The molecule has 0 heterocycles. The van der Waals surface area contributed by atoms with Crippen LogP contribution in [-0.4, -0.2) is 12.5 Å². The van der Waals surface area contributed by atoms with Gasteiger partial charge in [0, 0.05) is 10.4 Å². The van der Waals surface area contributed by atoms with E-state index in [0.29, 0.717) is 12.5 Å². The van der Waals surface area contributed by atoms with E-state index in [1.165, 1.54) is 0 Å². The quantitative estimate of drug-likeness (QED) is 0.577. The van der Waals surface area contributed by atoms with E-state index in [4.69, 9.17) is 16.3 Å². The molecule has 0 unspecified atom stereocenters. The van der Waals surface area contributed by atoms with Gasteiger partial charge in [-0.25, -0.2) is 0 Å². The summed E-state index contributed by atoms with van der Waals surface area (Å²) in [6, 6.07) is 3.92. The van der Waals surface area contributed by atoms with Crippen LogP contribution in [0.5, 0.6) is 5.75 Å². The van der Waals surface area contributed by atoms with Crippen LogP contribution in [0.3, 0.4) is 0 Å². The van der Waals surface area contributed by atoms with Crippen LogP contribution >= 0.6 is 43.5 Å². The Hall–Kier alpha value is 0.270. The number of halogens is 3. The second kappa shape index (κ2) is 5.99. The molecule has 0 saturated carbocycles. The van der Waals surface area contributed by atoms with Crippen molar-refractivity contribution in [3.8, 4) is 5.75 Å². The molecule has 0 radical (unpaired) electrons. The molecule has 0 saturated heterocycles. The van der Waals surface area contributed by atoms with E-state index in [1.54, 1.807) is 0 Å². The molecule has 0 amide bonds. The van der Waals surface area contributed by atoms with Crippen molar-refractivity contribution in [2.24, 2.45) is 0 Å². The molecule has 0 bridgehead atoms. The van der Waals surface area contributed by atoms with Crippen molar-refractivity contribution in [1.29, 1.82) is 0 Å². The van der Waals surface area contributed by atoms with Gasteiger partial charge in [0.15, 0.2) is 0 Å². The zero-order valence-electron chi connectivity index (χ0n) is 7.82. The Morgan fingerprint density at radius 1 is 1.36 bits per heavy atom. The van der Waals surface area contributed by atoms with Crippen LogP contribution in [0.25, 0.3) is 0 Å². The van der Waals surface area contributed by atoms with Crippen LogP contribution in [0.15, 0.2) is 21.1 Å². The fraction of sp³-hybridized carbons (Fsp3) is 0.400. The summed E-state index contributed by atoms with van der Waals surface area (Å²) < 4.78 is 7.64. The van der Waals surface area contributed by atoms with E-state index in [1.807, 2.05) is 19.1 Å². The van der Waals surface area contributed by atoms with Gasteiger partial charge in [0.2, 0.25) is 0 Å². The highest BCUT2D eigenvalue weighted by Crippen LogP contribution is 2.33. The van der Waals surface area contributed by atoms with E-state index < -0.39 is 0 Å². The Labute approximate surface area is 106 Å². The molecule has 78 valence electrons. The summed E-state index contributed by atoms with van der Waals surface area (Å²) in [5.74, 6) is 1.50. The van der Waals surface area contributed by atoms with Gasteiger partial charge >= 0.3 is 0 Å². The van der Waals surface area contributed by atoms with Crippen LogP contribution in [0.2, 0.25) is 0 Å². The van der Waals surface area contributed by atoms with Crippen molar-refractivity contribution >= 4 is 43.5 Å². The highest BCUT2D eigenvalue weighted by atomic mass is 79.9. The largest absolute Gasteiger partial charge is 0.492 e. The highest BCUT2D eigenvalue weighted by Gasteiger charge is 2.06. The minimum absolute atomic E-state index is 0.632. The summed E-state index contributed by atoms with van der Waals surface area (Å²) in [6.45, 7) is 2.69. The molecular weight excluding hydrogens is 331 g/mol. The van der Waals surface area contributed by atoms with Crippen molar-refractivity contribution in [3.05, 3.63) is 26.6 Å². The Bertz CT molecular complexity index is 315. The molecule has 0 aromatic heterocycles. The standard InChI is InChI=1S/C10H11Br2ClO/c1-7-8(11)3-4-9(10(7)12)14-6-2-5-13/h3-4H,2,5-6H2,1H3. The molecule has 0 aliphatic rings. The third-order valence-corrected chi connectivity index (χ3v) is 3.93. The Balaban J connectivity index is 2.73. The number of alkyl halides is 1. The molecule has 1 aromatic rings. The Morgan fingerprint density at radius 2 is 2.07 bits per heavy atom. The van der Waals surface area contributed by atoms with E-state index in [-0.39, 0.29) is 0 Å². The van der Waals surface area contributed by atoms with Crippen molar-refractivity contribution in [2.75, 3.05) is 12.5 Å². The summed E-state index contributed by atoms with van der Waals surface area (Å²) in [5.41, 5.74) is 1.15. The summed E-state index contributed by atoms with van der Waals surface area (Å²) in [7, 11) is 0. The highest BCUT2D eigenvalue weighted by molar-refractivity contribution is 9.11. The maximum atomic E-state index is 5.56. The Kier molecular flexibility index (Phi) is 5.28. The molecule has 14 heavy (non-hydrogen) atoms. The molecule has 4 heteroatoms. The first-order valence-corrected chi connectivity index (χ1v) is 6.42. The second-order valence-electron chi connectivity index (χ2n) is 2.88. The van der Waals surface area contributed by atoms with Crippen LogP contribution in [0.4, 0.5) is 0 Å². The first kappa shape index (κ1) is 12.3. The second-order valence-corrected chi connectivity index (χ2v) is 4.90. The van der Waals surface area contributed by atoms with Crippen LogP contribution in [0.1, 0.15) is 12.0 Å². The van der Waals surface area contributed by atoms with Crippen LogP contribution in [-0.2, 0) is 0 Å². The van der Waals surface area contributed by atoms with E-state index >= 15 is 0 Å². The predicted octanol–water partition coefficient (Wildman–Crippen LogP) is 4.53. The number of ether oxygens (including phenoxy) is 1. The zero-order chi connectivity index (χ0) is 10.6. The lowest BCUT2D eigenvalue weighted by molar-refractivity contribution is 0.316. The maximum absolute atomic E-state index is 5.56. The summed E-state index contributed by atoms with van der Waals surface area (Å²) >= 11 is 12.5. The predicted molar refractivity (Wildman–Crippen MR) is 67.4 cm³/mol. The van der Waals surface area contributed by atoms with Gasteiger partial charge in [0.25, 0.3) is 0 Å². The van der Waals surface area contributed by atoms with Gasteiger partial charge in [0.1, 0.15) is 5.75 Å². The van der Waals surface area contributed by atoms with E-state index in [2.05, 4.69) is 31.9 Å². The maximum Gasteiger partial charge on any atom is 0.133 e. The van der Waals surface area contributed by atoms with E-state index in [0.717, 1.165) is 26.7 Å². The normalized spacial score (nSPS) is 10.3. The van der Waals surface area contributed by atoms with Crippen LogP contribution < -0.4 is 4.74 Å². The van der Waals surface area contributed by atoms with Crippen LogP contribution in [0, 0.1) is 6.92 Å². The van der Waals surface area contributed by atoms with Crippen molar-refractivity contribution in [1.82, 2.24) is 0 Å². The molecule has 0 spiro atoms. The number of hydrogen-bond acceptors (Lipinski definition) is 1. The molecule has 0 aliphatic carbocycles. The minimum atomic E-state index is 0.632. The first-order chi connectivity index (χ1) is 6.66. The first-order valence-electron chi connectivity index (χ1n) is 4.30.